The predicted molar refractivity (Wildman–Crippen MR) is 108 cm³/mol. The van der Waals surface area contributed by atoms with E-state index in [0.717, 1.165) is 35.5 Å². The quantitative estimate of drug-likeness (QED) is 0.459. The Morgan fingerprint density at radius 2 is 1.80 bits per heavy atom. The molecule has 0 saturated heterocycles. The zero-order valence-electron chi connectivity index (χ0n) is 16.8. The van der Waals surface area contributed by atoms with Crippen molar-refractivity contribution in [2.75, 3.05) is 0 Å². The Morgan fingerprint density at radius 3 is 2.52 bits per heavy atom. The molecule has 0 aliphatic heterocycles. The van der Waals surface area contributed by atoms with Crippen LogP contribution in [0.15, 0.2) is 23.8 Å². The van der Waals surface area contributed by atoms with Crippen LogP contribution < -0.4 is 0 Å². The number of hydrogen-bond donors (Lipinski definition) is 0. The minimum absolute atomic E-state index is 0. The van der Waals surface area contributed by atoms with E-state index in [0.29, 0.717) is 10.8 Å². The molecule has 0 heterocycles. The molecular weight excluding hydrogens is 300 g/mol. The number of hydrogen-bond acceptors (Lipinski definition) is 0. The van der Waals surface area contributed by atoms with Gasteiger partial charge in [-0.3, -0.25) is 0 Å². The standard InChI is InChI=1S/C25H38.H2/c1-16(2)21-9-10-22-20-8-7-19-15-18(17-5-6-17)11-13-24(19,3)23(20)12-14-25(21,22)4;/h7,17-18,20-23H,1,5-6,8-15H2,2-4H3;1H/t18-,20?,21+,22?,23?,24-,25+;/m0./s1. The Labute approximate surface area is 157 Å². The Morgan fingerprint density at radius 1 is 1.00 bits per heavy atom. The molecule has 5 rings (SSSR count). The lowest BCUT2D eigenvalue weighted by Gasteiger charge is -2.58. The van der Waals surface area contributed by atoms with Gasteiger partial charge >= 0.3 is 0 Å². The fourth-order valence-electron chi connectivity index (χ4n) is 8.47. The molecule has 5 aliphatic carbocycles. The molecule has 0 aromatic rings. The van der Waals surface area contributed by atoms with E-state index in [1.165, 1.54) is 69.8 Å². The minimum Gasteiger partial charge on any atom is -0.0998 e. The second-order valence-corrected chi connectivity index (χ2v) is 11.1. The molecule has 5 aliphatic rings. The zero-order valence-corrected chi connectivity index (χ0v) is 16.8. The van der Waals surface area contributed by atoms with Crippen LogP contribution in [0.4, 0.5) is 0 Å². The minimum atomic E-state index is 0. The van der Waals surface area contributed by atoms with Gasteiger partial charge in [0, 0.05) is 1.43 Å². The first-order valence-corrected chi connectivity index (χ1v) is 11.3. The highest BCUT2D eigenvalue weighted by Gasteiger charge is 2.58. The molecule has 4 saturated carbocycles. The van der Waals surface area contributed by atoms with Gasteiger partial charge in [-0.2, -0.15) is 0 Å². The van der Waals surface area contributed by atoms with Gasteiger partial charge in [0.25, 0.3) is 0 Å². The molecular formula is C25H40. The molecule has 0 aromatic heterocycles. The summed E-state index contributed by atoms with van der Waals surface area (Å²) in [6, 6.07) is 0. The smallest absolute Gasteiger partial charge is 0 e. The van der Waals surface area contributed by atoms with Gasteiger partial charge < -0.3 is 0 Å². The van der Waals surface area contributed by atoms with Crippen molar-refractivity contribution in [2.24, 2.45) is 46.3 Å². The van der Waals surface area contributed by atoms with E-state index < -0.39 is 0 Å². The van der Waals surface area contributed by atoms with Crippen molar-refractivity contribution in [2.45, 2.75) is 85.0 Å². The number of fused-ring (bicyclic) bond motifs is 5. The number of rotatable bonds is 2. The van der Waals surface area contributed by atoms with Crippen LogP contribution in [0.25, 0.3) is 0 Å². The molecule has 0 amide bonds. The molecule has 0 radical (unpaired) electrons. The van der Waals surface area contributed by atoms with Gasteiger partial charge in [0.1, 0.15) is 0 Å². The van der Waals surface area contributed by atoms with Crippen LogP contribution in [0, 0.1) is 46.3 Å². The zero-order chi connectivity index (χ0) is 17.4. The van der Waals surface area contributed by atoms with Crippen LogP contribution in [0.3, 0.4) is 0 Å². The van der Waals surface area contributed by atoms with Gasteiger partial charge in [0.2, 0.25) is 0 Å². The lowest BCUT2D eigenvalue weighted by Crippen LogP contribution is -2.50. The average Bonchev–Trinajstić information content (AvgIpc) is 3.35. The molecule has 4 fully saturated rings. The maximum Gasteiger partial charge on any atom is 0 e. The van der Waals surface area contributed by atoms with Crippen molar-refractivity contribution >= 4 is 0 Å². The van der Waals surface area contributed by atoms with E-state index in [4.69, 9.17) is 0 Å². The molecule has 25 heavy (non-hydrogen) atoms. The van der Waals surface area contributed by atoms with Gasteiger partial charge in [0.15, 0.2) is 0 Å². The third-order valence-corrected chi connectivity index (χ3v) is 10.0. The summed E-state index contributed by atoms with van der Waals surface area (Å²) < 4.78 is 0. The van der Waals surface area contributed by atoms with Crippen LogP contribution in [-0.4, -0.2) is 0 Å². The van der Waals surface area contributed by atoms with Crippen molar-refractivity contribution in [1.29, 1.82) is 0 Å². The summed E-state index contributed by atoms with van der Waals surface area (Å²) in [4.78, 5) is 0. The summed E-state index contributed by atoms with van der Waals surface area (Å²) in [7, 11) is 0. The maximum atomic E-state index is 4.38. The topological polar surface area (TPSA) is 0 Å². The van der Waals surface area contributed by atoms with E-state index in [1.54, 1.807) is 0 Å². The Bertz CT molecular complexity index is 614. The first-order valence-electron chi connectivity index (χ1n) is 11.3. The predicted octanol–water partition coefficient (Wildman–Crippen LogP) is 7.41. The maximum absolute atomic E-state index is 4.38. The molecule has 0 spiro atoms. The van der Waals surface area contributed by atoms with Crippen LogP contribution in [0.1, 0.15) is 86.4 Å². The Kier molecular flexibility index (Phi) is 3.66. The van der Waals surface area contributed by atoms with Crippen LogP contribution in [0.2, 0.25) is 0 Å². The SMILES string of the molecule is C=C(C)[C@H]1CCC2C3CC=C4C[C@@H](C5CC5)CC[C@]4(C)C3CC[C@@]21C.[HH]. The molecule has 0 aromatic carbocycles. The summed E-state index contributed by atoms with van der Waals surface area (Å²) in [5, 5.41) is 0. The summed E-state index contributed by atoms with van der Waals surface area (Å²) in [5.74, 6) is 5.85. The number of allylic oxidation sites excluding steroid dienone is 3. The molecule has 0 heteroatoms. The van der Waals surface area contributed by atoms with Crippen molar-refractivity contribution in [3.63, 3.8) is 0 Å². The van der Waals surface area contributed by atoms with Crippen molar-refractivity contribution in [3.8, 4) is 0 Å². The first kappa shape index (κ1) is 16.6. The third kappa shape index (κ3) is 2.31. The third-order valence-electron chi connectivity index (χ3n) is 10.0. The van der Waals surface area contributed by atoms with E-state index in [9.17, 15) is 0 Å². The van der Waals surface area contributed by atoms with E-state index in [-0.39, 0.29) is 1.43 Å². The van der Waals surface area contributed by atoms with Crippen LogP contribution in [0.5, 0.6) is 0 Å². The van der Waals surface area contributed by atoms with E-state index in [1.807, 2.05) is 5.57 Å². The molecule has 0 N–H and O–H groups in total. The summed E-state index contributed by atoms with van der Waals surface area (Å²) in [6.45, 7) is 12.0. The van der Waals surface area contributed by atoms with E-state index >= 15 is 0 Å². The fraction of sp³-hybridized carbons (Fsp3) is 0.840. The summed E-state index contributed by atoms with van der Waals surface area (Å²) in [6.07, 6.45) is 17.5. The van der Waals surface area contributed by atoms with Crippen LogP contribution in [-0.2, 0) is 0 Å². The van der Waals surface area contributed by atoms with Gasteiger partial charge in [-0.1, -0.05) is 37.6 Å². The largest absolute Gasteiger partial charge is 0.0998 e. The normalized spacial score (nSPS) is 52.0. The molecule has 140 valence electrons. The van der Waals surface area contributed by atoms with Gasteiger partial charge in [-0.05, 0) is 117 Å². The van der Waals surface area contributed by atoms with Gasteiger partial charge in [0.05, 0.1) is 0 Å². The average molecular weight is 341 g/mol. The lowest BCUT2D eigenvalue weighted by molar-refractivity contribution is -0.0400. The van der Waals surface area contributed by atoms with Crippen LogP contribution >= 0.6 is 0 Å². The lowest BCUT2D eigenvalue weighted by atomic mass is 9.46. The highest BCUT2D eigenvalue weighted by atomic mass is 14.6. The Balaban J connectivity index is 0.00000168. The first-order chi connectivity index (χ1) is 11.9. The Hall–Kier alpha value is -0.520. The fourth-order valence-corrected chi connectivity index (χ4v) is 8.47. The summed E-state index contributed by atoms with van der Waals surface area (Å²) >= 11 is 0. The highest BCUT2D eigenvalue weighted by Crippen LogP contribution is 2.67. The molecule has 0 bridgehead atoms. The second-order valence-electron chi connectivity index (χ2n) is 11.1. The molecule has 0 nitrogen and oxygen atoms in total. The van der Waals surface area contributed by atoms with Crippen molar-refractivity contribution < 1.29 is 1.43 Å². The monoisotopic (exact) mass is 340 g/mol. The second kappa shape index (κ2) is 5.49. The molecule has 7 atom stereocenters. The van der Waals surface area contributed by atoms with E-state index in [2.05, 4.69) is 33.4 Å². The summed E-state index contributed by atoms with van der Waals surface area (Å²) in [5.41, 5.74) is 4.47. The van der Waals surface area contributed by atoms with Crippen molar-refractivity contribution in [1.82, 2.24) is 0 Å². The molecule has 3 unspecified atom stereocenters. The van der Waals surface area contributed by atoms with Gasteiger partial charge in [-0.15, -0.1) is 0 Å². The highest BCUT2D eigenvalue weighted by molar-refractivity contribution is 5.26. The van der Waals surface area contributed by atoms with Gasteiger partial charge in [-0.25, -0.2) is 0 Å². The van der Waals surface area contributed by atoms with Crippen molar-refractivity contribution in [3.05, 3.63) is 23.8 Å².